The molecule has 2 aromatic heterocycles. The minimum absolute atomic E-state index is 0.129. The number of carbonyl (C=O) groups is 1. The number of carboxylic acid groups (broad SMARTS) is 1. The van der Waals surface area contributed by atoms with Crippen LogP contribution < -0.4 is 0 Å². The monoisotopic (exact) mass is 490 g/mol. The van der Waals surface area contributed by atoms with Crippen LogP contribution in [0.15, 0.2) is 42.6 Å². The van der Waals surface area contributed by atoms with Gasteiger partial charge in [0.25, 0.3) is 0 Å². The van der Waals surface area contributed by atoms with Gasteiger partial charge >= 0.3 is 6.09 Å². The standard InChI is InChI=1S/C29H39N5O2/c1-29(2,3)34(28(35)36)17-9-10-21(20-34)18-33-24-14-6-5-13-23(24)31-26(33)19-32(4)25-15-7-11-22-12-8-16-30-27(22)25/h5-6,8,12-14,16,21,25H,7,9-11,15,17-20H2,1-4H3/p+1/t21-,25+,34?/m0/s1. The van der Waals surface area contributed by atoms with Gasteiger partial charge in [0.2, 0.25) is 0 Å². The molecule has 1 saturated heterocycles. The van der Waals surface area contributed by atoms with Crippen molar-refractivity contribution in [3.8, 4) is 0 Å². The summed E-state index contributed by atoms with van der Waals surface area (Å²) >= 11 is 0. The van der Waals surface area contributed by atoms with Crippen LogP contribution in [0.4, 0.5) is 4.79 Å². The number of para-hydroxylation sites is 2. The summed E-state index contributed by atoms with van der Waals surface area (Å²) < 4.78 is 2.49. The van der Waals surface area contributed by atoms with Crippen LogP contribution in [0.2, 0.25) is 0 Å². The number of rotatable bonds is 5. The summed E-state index contributed by atoms with van der Waals surface area (Å²) in [7, 11) is 2.19. The Balaban J connectivity index is 1.44. The smallest absolute Gasteiger partial charge is 0.435 e. The van der Waals surface area contributed by atoms with E-state index in [9.17, 15) is 9.90 Å². The first-order valence-electron chi connectivity index (χ1n) is 13.4. The molecule has 7 nitrogen and oxygen atoms in total. The van der Waals surface area contributed by atoms with E-state index in [-0.39, 0.29) is 22.0 Å². The number of piperidine rings is 1. The summed E-state index contributed by atoms with van der Waals surface area (Å²) in [5, 5.41) is 10.3. The number of imidazole rings is 1. The van der Waals surface area contributed by atoms with Crippen LogP contribution in [0.25, 0.3) is 11.0 Å². The Labute approximate surface area is 214 Å². The van der Waals surface area contributed by atoms with E-state index in [2.05, 4.69) is 61.6 Å². The summed E-state index contributed by atoms with van der Waals surface area (Å²) in [5.41, 5.74) is 4.37. The van der Waals surface area contributed by atoms with Gasteiger partial charge in [-0.2, -0.15) is 4.79 Å². The van der Waals surface area contributed by atoms with E-state index in [1.54, 1.807) is 0 Å². The molecule has 2 aliphatic rings. The molecule has 1 aromatic carbocycles. The fraction of sp³-hybridized carbons (Fsp3) is 0.552. The second-order valence-corrected chi connectivity index (χ2v) is 11.8. The van der Waals surface area contributed by atoms with Gasteiger partial charge in [0.1, 0.15) is 11.4 Å². The molecule has 1 aliphatic carbocycles. The number of fused-ring (bicyclic) bond motifs is 2. The summed E-state index contributed by atoms with van der Waals surface area (Å²) in [5.74, 6) is 1.34. The molecule has 0 spiro atoms. The molecular weight excluding hydrogens is 450 g/mol. The third kappa shape index (κ3) is 4.43. The molecule has 1 fully saturated rings. The number of aryl methyl sites for hydroxylation is 1. The third-order valence-electron chi connectivity index (χ3n) is 8.64. The van der Waals surface area contributed by atoms with Crippen LogP contribution in [0.1, 0.15) is 69.6 Å². The van der Waals surface area contributed by atoms with Crippen molar-refractivity contribution in [3.05, 3.63) is 59.7 Å². The number of amides is 1. The molecule has 5 rings (SSSR count). The lowest BCUT2D eigenvalue weighted by Gasteiger charge is -2.48. The second kappa shape index (κ2) is 9.60. The zero-order chi connectivity index (χ0) is 25.5. The number of benzene rings is 1. The molecular formula is C29H40N5O2+. The van der Waals surface area contributed by atoms with Crippen molar-refractivity contribution in [1.82, 2.24) is 19.4 Å². The number of aromatic nitrogens is 3. The lowest BCUT2D eigenvalue weighted by molar-refractivity contribution is -0.911. The Morgan fingerprint density at radius 2 is 1.97 bits per heavy atom. The van der Waals surface area contributed by atoms with Gasteiger partial charge in [-0.1, -0.05) is 18.2 Å². The fourth-order valence-corrected chi connectivity index (χ4v) is 6.55. The summed E-state index contributed by atoms with van der Waals surface area (Å²) in [6, 6.07) is 12.9. The first-order chi connectivity index (χ1) is 17.2. The van der Waals surface area contributed by atoms with Gasteiger partial charge in [0.15, 0.2) is 0 Å². The zero-order valence-electron chi connectivity index (χ0n) is 22.2. The minimum Gasteiger partial charge on any atom is -0.435 e. The average molecular weight is 491 g/mol. The van der Waals surface area contributed by atoms with Gasteiger partial charge in [-0.3, -0.25) is 9.88 Å². The van der Waals surface area contributed by atoms with E-state index in [4.69, 9.17) is 9.97 Å². The maximum Gasteiger partial charge on any atom is 0.513 e. The number of nitrogens with zero attached hydrogens (tertiary/aromatic N) is 5. The molecule has 1 amide bonds. The highest BCUT2D eigenvalue weighted by molar-refractivity contribution is 5.75. The number of hydrogen-bond acceptors (Lipinski definition) is 4. The number of likely N-dealkylation sites (tertiary alicyclic amines) is 1. The van der Waals surface area contributed by atoms with Crippen molar-refractivity contribution < 1.29 is 14.4 Å². The van der Waals surface area contributed by atoms with Crippen LogP contribution in [-0.4, -0.2) is 60.8 Å². The van der Waals surface area contributed by atoms with E-state index in [0.29, 0.717) is 13.1 Å². The molecule has 3 heterocycles. The highest BCUT2D eigenvalue weighted by atomic mass is 16.4. The summed E-state index contributed by atoms with van der Waals surface area (Å²) in [4.78, 5) is 24.7. The first kappa shape index (κ1) is 24.9. The Hall–Kier alpha value is -2.77. The van der Waals surface area contributed by atoms with E-state index in [1.807, 2.05) is 18.3 Å². The number of pyridine rings is 1. The highest BCUT2D eigenvalue weighted by Crippen LogP contribution is 2.36. The van der Waals surface area contributed by atoms with E-state index < -0.39 is 6.09 Å². The Morgan fingerprint density at radius 1 is 1.17 bits per heavy atom. The highest BCUT2D eigenvalue weighted by Gasteiger charge is 2.50. The molecule has 7 heteroatoms. The van der Waals surface area contributed by atoms with E-state index >= 15 is 0 Å². The second-order valence-electron chi connectivity index (χ2n) is 11.8. The van der Waals surface area contributed by atoms with Gasteiger partial charge in [0, 0.05) is 18.7 Å². The quantitative estimate of drug-likeness (QED) is 0.469. The lowest BCUT2D eigenvalue weighted by Crippen LogP contribution is -2.67. The van der Waals surface area contributed by atoms with Crippen LogP contribution in [0, 0.1) is 5.92 Å². The molecule has 0 radical (unpaired) electrons. The molecule has 36 heavy (non-hydrogen) atoms. The Morgan fingerprint density at radius 3 is 2.75 bits per heavy atom. The maximum atomic E-state index is 12.5. The maximum absolute atomic E-state index is 12.5. The SMILES string of the molecule is CN(Cc1nc2ccccc2n1C[C@@H]1CCC[N+](C(=O)O)(C(C)(C)C)C1)[C@@H]1CCCc2cccnc21. The fourth-order valence-electron chi connectivity index (χ4n) is 6.55. The van der Waals surface area contributed by atoms with Crippen LogP contribution in [-0.2, 0) is 19.5 Å². The minimum atomic E-state index is -0.703. The van der Waals surface area contributed by atoms with Crippen molar-refractivity contribution in [3.63, 3.8) is 0 Å². The van der Waals surface area contributed by atoms with Crippen molar-refractivity contribution in [2.75, 3.05) is 20.1 Å². The molecule has 1 N–H and O–H groups in total. The summed E-state index contributed by atoms with van der Waals surface area (Å²) in [6.45, 7) is 9.07. The first-order valence-corrected chi connectivity index (χ1v) is 13.4. The van der Waals surface area contributed by atoms with Gasteiger partial charge in [-0.05, 0) is 83.7 Å². The van der Waals surface area contributed by atoms with Gasteiger partial charge in [-0.15, -0.1) is 0 Å². The Kier molecular flexibility index (Phi) is 6.64. The van der Waals surface area contributed by atoms with Gasteiger partial charge in [-0.25, -0.2) is 9.47 Å². The van der Waals surface area contributed by atoms with E-state index in [1.165, 1.54) is 17.7 Å². The number of quaternary nitrogens is 1. The molecule has 3 aromatic rings. The van der Waals surface area contributed by atoms with Crippen molar-refractivity contribution in [2.24, 2.45) is 5.92 Å². The van der Waals surface area contributed by atoms with Crippen molar-refractivity contribution in [1.29, 1.82) is 0 Å². The van der Waals surface area contributed by atoms with Gasteiger partial charge < -0.3 is 9.67 Å². The Bertz CT molecular complexity index is 1250. The molecule has 1 aliphatic heterocycles. The normalized spacial score (nSPS) is 24.7. The molecule has 0 saturated carbocycles. The topological polar surface area (TPSA) is 71.2 Å². The molecule has 3 atom stereocenters. The lowest BCUT2D eigenvalue weighted by atomic mass is 9.89. The van der Waals surface area contributed by atoms with Crippen molar-refractivity contribution >= 4 is 17.1 Å². The molecule has 0 bridgehead atoms. The number of hydrogen-bond donors (Lipinski definition) is 1. The average Bonchev–Trinajstić information content (AvgIpc) is 3.19. The molecule has 192 valence electrons. The molecule has 1 unspecified atom stereocenters. The van der Waals surface area contributed by atoms with Crippen LogP contribution in [0.5, 0.6) is 0 Å². The van der Waals surface area contributed by atoms with E-state index in [0.717, 1.165) is 55.6 Å². The summed E-state index contributed by atoms with van der Waals surface area (Å²) in [6.07, 6.45) is 6.57. The third-order valence-corrected chi connectivity index (χ3v) is 8.64. The predicted molar refractivity (Wildman–Crippen MR) is 142 cm³/mol. The van der Waals surface area contributed by atoms with Crippen LogP contribution in [0.3, 0.4) is 0 Å². The zero-order valence-corrected chi connectivity index (χ0v) is 22.2. The van der Waals surface area contributed by atoms with Crippen molar-refractivity contribution in [2.45, 2.75) is 77.5 Å². The predicted octanol–water partition coefficient (Wildman–Crippen LogP) is 5.64. The van der Waals surface area contributed by atoms with Gasteiger partial charge in [0.05, 0.1) is 42.4 Å². The van der Waals surface area contributed by atoms with Crippen LogP contribution >= 0.6 is 0 Å². The largest absolute Gasteiger partial charge is 0.513 e.